The molecule has 0 saturated heterocycles. The van der Waals surface area contributed by atoms with Crippen LogP contribution in [-0.4, -0.2) is 44.3 Å². The molecule has 1 N–H and O–H groups in total. The molecule has 7 nitrogen and oxygen atoms in total. The summed E-state index contributed by atoms with van der Waals surface area (Å²) in [7, 11) is -4.20. The van der Waals surface area contributed by atoms with E-state index in [4.69, 9.17) is 34.8 Å². The number of nitrogens with zero attached hydrogens (tertiary/aromatic N) is 2. The fraction of sp³-hybridized carbons (Fsp3) is 0.333. The monoisotopic (exact) mass is 637 g/mol. The quantitative estimate of drug-likeness (QED) is 0.238. The zero-order valence-electron chi connectivity index (χ0n) is 23.4. The minimum atomic E-state index is -4.20. The average Bonchev–Trinajstić information content (AvgIpc) is 2.93. The molecule has 0 saturated carbocycles. The molecule has 0 aliphatic rings. The fourth-order valence-electron chi connectivity index (χ4n) is 4.27. The molecule has 2 amide bonds. The Morgan fingerprint density at radius 1 is 0.927 bits per heavy atom. The minimum Gasteiger partial charge on any atom is -0.354 e. The maximum Gasteiger partial charge on any atom is 0.264 e. The number of carbonyl (C=O) groups excluding carboxylic acids is 2. The maximum absolute atomic E-state index is 14.2. The van der Waals surface area contributed by atoms with Crippen LogP contribution in [0.1, 0.15) is 38.3 Å². The van der Waals surface area contributed by atoms with Crippen LogP contribution in [0.15, 0.2) is 71.6 Å². The molecule has 3 rings (SSSR count). The summed E-state index contributed by atoms with van der Waals surface area (Å²) < 4.78 is 28.9. The molecule has 41 heavy (non-hydrogen) atoms. The highest BCUT2D eigenvalue weighted by molar-refractivity contribution is 7.92. The molecule has 0 aromatic heterocycles. The van der Waals surface area contributed by atoms with Gasteiger partial charge in [0.25, 0.3) is 10.0 Å². The van der Waals surface area contributed by atoms with Crippen molar-refractivity contribution in [1.29, 1.82) is 0 Å². The summed E-state index contributed by atoms with van der Waals surface area (Å²) in [6.07, 6.45) is 0.294. The van der Waals surface area contributed by atoms with Crippen molar-refractivity contribution >= 4 is 62.3 Å². The maximum atomic E-state index is 14.2. The van der Waals surface area contributed by atoms with E-state index < -0.39 is 28.5 Å². The number of rotatable bonds is 12. The van der Waals surface area contributed by atoms with Crippen LogP contribution in [0.3, 0.4) is 0 Å². The molecule has 1 atom stereocenters. The Kier molecular flexibility index (Phi) is 11.5. The van der Waals surface area contributed by atoms with E-state index in [1.807, 2.05) is 13.8 Å². The molecule has 0 aliphatic heterocycles. The zero-order valence-corrected chi connectivity index (χ0v) is 26.5. The summed E-state index contributed by atoms with van der Waals surface area (Å²) in [5.41, 5.74) is 1.32. The topological polar surface area (TPSA) is 86.8 Å². The summed E-state index contributed by atoms with van der Waals surface area (Å²) in [6.45, 7) is 7.25. The third-order valence-corrected chi connectivity index (χ3v) is 9.31. The number of hydrogen-bond acceptors (Lipinski definition) is 4. The van der Waals surface area contributed by atoms with Gasteiger partial charge >= 0.3 is 0 Å². The SMILES string of the molecule is CC[C@H](C(=O)NCC(C)C)N(Cc1ccc(Cl)cc1Cl)C(=O)CN(c1cccc(Cl)c1C)S(=O)(=O)c1ccccc1. The largest absolute Gasteiger partial charge is 0.354 e. The van der Waals surface area contributed by atoms with Gasteiger partial charge in [0.15, 0.2) is 0 Å². The number of anilines is 1. The molecular formula is C30H34Cl3N3O4S. The smallest absolute Gasteiger partial charge is 0.264 e. The molecule has 11 heteroatoms. The van der Waals surface area contributed by atoms with E-state index >= 15 is 0 Å². The third kappa shape index (κ3) is 8.16. The second-order valence-electron chi connectivity index (χ2n) is 10.0. The van der Waals surface area contributed by atoms with E-state index in [0.29, 0.717) is 39.2 Å². The summed E-state index contributed by atoms with van der Waals surface area (Å²) in [5, 5.41) is 4.01. The molecule has 0 heterocycles. The summed E-state index contributed by atoms with van der Waals surface area (Å²) in [6, 6.07) is 16.7. The van der Waals surface area contributed by atoms with Gasteiger partial charge in [0.1, 0.15) is 12.6 Å². The first kappa shape index (κ1) is 32.7. The van der Waals surface area contributed by atoms with Gasteiger partial charge in [-0.05, 0) is 66.8 Å². The van der Waals surface area contributed by atoms with Gasteiger partial charge in [-0.3, -0.25) is 13.9 Å². The summed E-state index contributed by atoms with van der Waals surface area (Å²) >= 11 is 18.9. The second-order valence-corrected chi connectivity index (χ2v) is 13.1. The first-order valence-corrected chi connectivity index (χ1v) is 15.8. The van der Waals surface area contributed by atoms with E-state index in [0.717, 1.165) is 4.31 Å². The highest BCUT2D eigenvalue weighted by atomic mass is 35.5. The van der Waals surface area contributed by atoms with Crippen molar-refractivity contribution in [2.24, 2.45) is 5.92 Å². The van der Waals surface area contributed by atoms with Crippen LogP contribution in [0.4, 0.5) is 5.69 Å². The Labute approximate surface area is 257 Å². The average molecular weight is 639 g/mol. The Balaban J connectivity index is 2.10. The normalized spacial score (nSPS) is 12.2. The fourth-order valence-corrected chi connectivity index (χ4v) is 6.41. The van der Waals surface area contributed by atoms with Crippen molar-refractivity contribution in [3.05, 3.63) is 92.9 Å². The standard InChI is InChI=1S/C30H34Cl3N3O4S/c1-5-27(30(38)34-17-20(2)3)35(18-22-14-15-23(31)16-26(22)33)29(37)19-36(28-13-9-12-25(32)21(28)4)41(39,40)24-10-7-6-8-11-24/h6-16,20,27H,5,17-19H2,1-4H3,(H,34,38)/t27-/m1/s1. The number of sulfonamides is 1. The summed E-state index contributed by atoms with van der Waals surface area (Å²) in [4.78, 5) is 28.9. The first-order valence-electron chi connectivity index (χ1n) is 13.2. The van der Waals surface area contributed by atoms with E-state index in [-0.39, 0.29) is 29.0 Å². The van der Waals surface area contributed by atoms with Gasteiger partial charge in [0.05, 0.1) is 10.6 Å². The molecule has 0 unspecified atom stereocenters. The van der Waals surface area contributed by atoms with Crippen molar-refractivity contribution < 1.29 is 18.0 Å². The van der Waals surface area contributed by atoms with Gasteiger partial charge in [-0.2, -0.15) is 0 Å². The number of benzene rings is 3. The molecular weight excluding hydrogens is 605 g/mol. The lowest BCUT2D eigenvalue weighted by molar-refractivity contribution is -0.140. The molecule has 0 fully saturated rings. The molecule has 220 valence electrons. The molecule has 0 aliphatic carbocycles. The van der Waals surface area contributed by atoms with Crippen molar-refractivity contribution in [2.45, 2.75) is 51.6 Å². The van der Waals surface area contributed by atoms with Crippen LogP contribution in [-0.2, 0) is 26.2 Å². The van der Waals surface area contributed by atoms with Crippen LogP contribution in [0.2, 0.25) is 15.1 Å². The van der Waals surface area contributed by atoms with Crippen LogP contribution >= 0.6 is 34.8 Å². The van der Waals surface area contributed by atoms with Gasteiger partial charge in [-0.15, -0.1) is 0 Å². The second kappa shape index (κ2) is 14.4. The van der Waals surface area contributed by atoms with Crippen LogP contribution in [0, 0.1) is 12.8 Å². The van der Waals surface area contributed by atoms with E-state index in [1.54, 1.807) is 68.4 Å². The van der Waals surface area contributed by atoms with Crippen molar-refractivity contribution in [3.8, 4) is 0 Å². The van der Waals surface area contributed by atoms with Crippen LogP contribution in [0.5, 0.6) is 0 Å². The number of halogens is 3. The van der Waals surface area contributed by atoms with Crippen molar-refractivity contribution in [2.75, 3.05) is 17.4 Å². The molecule has 3 aromatic carbocycles. The van der Waals surface area contributed by atoms with Crippen LogP contribution < -0.4 is 9.62 Å². The first-order chi connectivity index (χ1) is 19.4. The zero-order chi connectivity index (χ0) is 30.3. The highest BCUT2D eigenvalue weighted by Gasteiger charge is 2.34. The molecule has 0 bridgehead atoms. The van der Waals surface area contributed by atoms with Crippen molar-refractivity contribution in [1.82, 2.24) is 10.2 Å². The van der Waals surface area contributed by atoms with E-state index in [9.17, 15) is 18.0 Å². The Hall–Kier alpha value is -2.78. The number of carbonyl (C=O) groups is 2. The molecule has 0 spiro atoms. The minimum absolute atomic E-state index is 0.0150. The number of amides is 2. The highest BCUT2D eigenvalue weighted by Crippen LogP contribution is 2.31. The molecule has 0 radical (unpaired) electrons. The van der Waals surface area contributed by atoms with Gasteiger partial charge in [-0.1, -0.05) is 85.9 Å². The van der Waals surface area contributed by atoms with Gasteiger partial charge in [0, 0.05) is 28.2 Å². The lowest BCUT2D eigenvalue weighted by Gasteiger charge is -2.34. The Bertz CT molecular complexity index is 1480. The predicted molar refractivity (Wildman–Crippen MR) is 166 cm³/mol. The van der Waals surface area contributed by atoms with Crippen molar-refractivity contribution in [3.63, 3.8) is 0 Å². The van der Waals surface area contributed by atoms with E-state index in [1.165, 1.54) is 17.0 Å². The Morgan fingerprint density at radius 2 is 1.61 bits per heavy atom. The number of nitrogens with one attached hydrogen (secondary N) is 1. The lowest BCUT2D eigenvalue weighted by Crippen LogP contribution is -2.52. The number of hydrogen-bond donors (Lipinski definition) is 1. The third-order valence-electron chi connectivity index (χ3n) is 6.54. The van der Waals surface area contributed by atoms with Crippen LogP contribution in [0.25, 0.3) is 0 Å². The van der Waals surface area contributed by atoms with Gasteiger partial charge in [0.2, 0.25) is 11.8 Å². The van der Waals surface area contributed by atoms with Gasteiger partial charge in [-0.25, -0.2) is 8.42 Å². The lowest BCUT2D eigenvalue weighted by atomic mass is 10.1. The summed E-state index contributed by atoms with van der Waals surface area (Å²) in [5.74, 6) is -0.721. The van der Waals surface area contributed by atoms with E-state index in [2.05, 4.69) is 5.32 Å². The predicted octanol–water partition coefficient (Wildman–Crippen LogP) is 6.73. The molecule has 3 aromatic rings. The van der Waals surface area contributed by atoms with Gasteiger partial charge < -0.3 is 10.2 Å². The Morgan fingerprint density at radius 3 is 2.22 bits per heavy atom.